The summed E-state index contributed by atoms with van der Waals surface area (Å²) in [6.07, 6.45) is 7.51. The first-order chi connectivity index (χ1) is 20.4. The van der Waals surface area contributed by atoms with Crippen LogP contribution in [0.1, 0.15) is 69.9 Å². The molecule has 0 amide bonds. The predicted octanol–water partition coefficient (Wildman–Crippen LogP) is 4.18. The van der Waals surface area contributed by atoms with E-state index in [4.69, 9.17) is 14.5 Å². The van der Waals surface area contributed by atoms with Crippen LogP contribution >= 0.6 is 0 Å². The zero-order valence-electron chi connectivity index (χ0n) is 24.8. The van der Waals surface area contributed by atoms with Crippen LogP contribution in [0.3, 0.4) is 0 Å². The number of nitrogens with one attached hydrogen (secondary N) is 4. The summed E-state index contributed by atoms with van der Waals surface area (Å²) in [6, 6.07) is 11.7. The van der Waals surface area contributed by atoms with E-state index in [1.54, 1.807) is 0 Å². The van der Waals surface area contributed by atoms with Gasteiger partial charge >= 0.3 is 0 Å². The van der Waals surface area contributed by atoms with E-state index < -0.39 is 5.41 Å². The zero-order chi connectivity index (χ0) is 29.4. The third kappa shape index (κ3) is 7.79. The van der Waals surface area contributed by atoms with Gasteiger partial charge in [0.1, 0.15) is 17.7 Å². The first kappa shape index (κ1) is 29.8. The number of nitriles is 1. The van der Waals surface area contributed by atoms with Crippen molar-refractivity contribution in [2.24, 2.45) is 5.41 Å². The molecular formula is C30H42N10O2. The Morgan fingerprint density at radius 3 is 2.67 bits per heavy atom. The minimum absolute atomic E-state index is 0.193. The van der Waals surface area contributed by atoms with Gasteiger partial charge in [-0.15, -0.1) is 10.2 Å². The number of pyridine rings is 2. The van der Waals surface area contributed by atoms with Gasteiger partial charge in [0.25, 0.3) is 0 Å². The van der Waals surface area contributed by atoms with Gasteiger partial charge in [-0.2, -0.15) is 10.5 Å². The Morgan fingerprint density at radius 1 is 1.14 bits per heavy atom. The maximum absolute atomic E-state index is 9.78. The molecule has 0 bridgehead atoms. The number of anilines is 2. The molecule has 12 heteroatoms. The summed E-state index contributed by atoms with van der Waals surface area (Å²) in [4.78, 5) is 9.56. The van der Waals surface area contributed by atoms with Crippen molar-refractivity contribution in [3.05, 3.63) is 41.9 Å². The Labute approximate surface area is 247 Å². The highest BCUT2D eigenvalue weighted by molar-refractivity contribution is 5.68. The van der Waals surface area contributed by atoms with Crippen molar-refractivity contribution in [3.63, 3.8) is 0 Å². The molecule has 42 heavy (non-hydrogen) atoms. The number of H-pyrrole nitrogens is 1. The van der Waals surface area contributed by atoms with E-state index in [2.05, 4.69) is 67.5 Å². The molecule has 2 fully saturated rings. The van der Waals surface area contributed by atoms with Crippen LogP contribution in [0.5, 0.6) is 0 Å². The van der Waals surface area contributed by atoms with Gasteiger partial charge in [0.05, 0.1) is 23.8 Å². The van der Waals surface area contributed by atoms with Crippen molar-refractivity contribution in [1.82, 2.24) is 35.9 Å². The first-order valence-corrected chi connectivity index (χ1v) is 15.0. The highest BCUT2D eigenvalue weighted by Crippen LogP contribution is 2.31. The lowest BCUT2D eigenvalue weighted by atomic mass is 9.82. The molecular weight excluding hydrogens is 532 g/mol. The number of aryl methyl sites for hydroxylation is 1. The topological polar surface area (TPSA) is 159 Å². The monoisotopic (exact) mass is 574 g/mol. The van der Waals surface area contributed by atoms with Crippen molar-refractivity contribution >= 4 is 11.6 Å². The largest absolute Gasteiger partial charge is 0.381 e. The fourth-order valence-corrected chi connectivity index (χ4v) is 5.68. The Kier molecular flexibility index (Phi) is 9.94. The fourth-order valence-electron chi connectivity index (χ4n) is 5.68. The number of nitrogens with zero attached hydrogens (tertiary/aromatic N) is 6. The standard InChI is InChI=1S/C30H42N10O2/c1-20-16-32-28(15-25(20)26-5-4-6-27(36-26)33-19-30(18-31)11-13-41-14-12-30)35-24-9-7-23(8-10-24)34-21(2)17-42-22(3)29-37-39-40-38-29/h4-6,15-16,21-24,34H,7-14,17,19H2,1-3H3,(H,32,35)(H,33,36)(H,37,38,39,40)/t21-,22+,23-,24-/m0/s1. The molecule has 224 valence electrons. The normalized spacial score (nSPS) is 21.7. The smallest absolute Gasteiger partial charge is 0.202 e. The minimum atomic E-state index is -0.408. The summed E-state index contributed by atoms with van der Waals surface area (Å²) in [6.45, 7) is 8.55. The van der Waals surface area contributed by atoms with Crippen molar-refractivity contribution in [1.29, 1.82) is 5.26 Å². The number of aromatic amines is 1. The first-order valence-electron chi connectivity index (χ1n) is 15.0. The van der Waals surface area contributed by atoms with Gasteiger partial charge in [-0.3, -0.25) is 0 Å². The maximum atomic E-state index is 9.78. The highest BCUT2D eigenvalue weighted by atomic mass is 16.5. The van der Waals surface area contributed by atoms with Crippen LogP contribution in [0.15, 0.2) is 30.5 Å². The molecule has 2 aliphatic rings. The maximum Gasteiger partial charge on any atom is 0.202 e. The molecule has 3 aromatic heterocycles. The van der Waals surface area contributed by atoms with Crippen LogP contribution in [0.2, 0.25) is 0 Å². The SMILES string of the molecule is Cc1cnc(N[C@H]2CC[C@H](N[C@@H](C)CO[C@H](C)c3nn[nH]n3)CC2)cc1-c1cccc(NCC2(C#N)CCOCC2)n1. The van der Waals surface area contributed by atoms with Gasteiger partial charge in [-0.05, 0) is 83.1 Å². The third-order valence-corrected chi connectivity index (χ3v) is 8.34. The van der Waals surface area contributed by atoms with Crippen LogP contribution in [0.4, 0.5) is 11.6 Å². The second-order valence-corrected chi connectivity index (χ2v) is 11.7. The van der Waals surface area contributed by atoms with E-state index in [1.165, 1.54) is 0 Å². The average Bonchev–Trinajstić information content (AvgIpc) is 3.57. The van der Waals surface area contributed by atoms with Crippen LogP contribution < -0.4 is 16.0 Å². The van der Waals surface area contributed by atoms with E-state index in [0.717, 1.165) is 67.0 Å². The van der Waals surface area contributed by atoms with Crippen molar-refractivity contribution in [2.75, 3.05) is 37.0 Å². The molecule has 12 nitrogen and oxygen atoms in total. The molecule has 4 N–H and O–H groups in total. The lowest BCUT2D eigenvalue weighted by Gasteiger charge is -2.32. The highest BCUT2D eigenvalue weighted by Gasteiger charge is 2.32. The fraction of sp³-hybridized carbons (Fsp3) is 0.600. The molecule has 0 unspecified atom stereocenters. The molecule has 4 heterocycles. The molecule has 0 radical (unpaired) electrons. The average molecular weight is 575 g/mol. The van der Waals surface area contributed by atoms with E-state index in [9.17, 15) is 5.26 Å². The summed E-state index contributed by atoms with van der Waals surface area (Å²) in [5, 5.41) is 34.6. The second kappa shape index (κ2) is 14.0. The van der Waals surface area contributed by atoms with E-state index in [0.29, 0.717) is 44.3 Å². The molecule has 3 aromatic rings. The number of ether oxygens (including phenoxy) is 2. The Bertz CT molecular complexity index is 1310. The lowest BCUT2D eigenvalue weighted by molar-refractivity contribution is 0.0436. The number of hydrogen-bond donors (Lipinski definition) is 4. The summed E-state index contributed by atoms with van der Waals surface area (Å²) >= 11 is 0. The van der Waals surface area contributed by atoms with Gasteiger partial charge in [-0.1, -0.05) is 11.3 Å². The second-order valence-electron chi connectivity index (χ2n) is 11.7. The van der Waals surface area contributed by atoms with Crippen molar-refractivity contribution in [3.8, 4) is 17.3 Å². The molecule has 1 saturated carbocycles. The third-order valence-electron chi connectivity index (χ3n) is 8.34. The van der Waals surface area contributed by atoms with Gasteiger partial charge in [-0.25, -0.2) is 9.97 Å². The summed E-state index contributed by atoms with van der Waals surface area (Å²) in [5.41, 5.74) is 2.60. The zero-order valence-corrected chi connectivity index (χ0v) is 24.8. The number of rotatable bonds is 12. The molecule has 1 aliphatic heterocycles. The summed E-state index contributed by atoms with van der Waals surface area (Å²) in [7, 11) is 0. The molecule has 0 spiro atoms. The van der Waals surface area contributed by atoms with Crippen LogP contribution in [0, 0.1) is 23.7 Å². The van der Waals surface area contributed by atoms with Gasteiger partial charge in [0.2, 0.25) is 5.82 Å². The molecule has 5 rings (SSSR count). The van der Waals surface area contributed by atoms with Crippen LogP contribution in [0.25, 0.3) is 11.3 Å². The van der Waals surface area contributed by atoms with Crippen molar-refractivity contribution < 1.29 is 9.47 Å². The Balaban J connectivity index is 1.11. The van der Waals surface area contributed by atoms with Gasteiger partial charge < -0.3 is 25.4 Å². The van der Waals surface area contributed by atoms with E-state index in [1.807, 2.05) is 31.3 Å². The van der Waals surface area contributed by atoms with Gasteiger partial charge in [0.15, 0.2) is 0 Å². The summed E-state index contributed by atoms with van der Waals surface area (Å²) in [5.74, 6) is 2.21. The number of aromatic nitrogens is 6. The molecule has 0 aromatic carbocycles. The minimum Gasteiger partial charge on any atom is -0.381 e. The van der Waals surface area contributed by atoms with Crippen LogP contribution in [-0.4, -0.2) is 75.1 Å². The Hall–Kier alpha value is -3.66. The predicted molar refractivity (Wildman–Crippen MR) is 160 cm³/mol. The van der Waals surface area contributed by atoms with Gasteiger partial charge in [0, 0.05) is 49.6 Å². The number of hydrogen-bond acceptors (Lipinski definition) is 11. The molecule has 2 atom stereocenters. The lowest BCUT2D eigenvalue weighted by Crippen LogP contribution is -2.43. The molecule has 1 saturated heterocycles. The molecule has 1 aliphatic carbocycles. The van der Waals surface area contributed by atoms with E-state index >= 15 is 0 Å². The number of tetrazole rings is 1. The Morgan fingerprint density at radius 2 is 1.93 bits per heavy atom. The summed E-state index contributed by atoms with van der Waals surface area (Å²) < 4.78 is 11.4. The van der Waals surface area contributed by atoms with E-state index in [-0.39, 0.29) is 12.1 Å². The van der Waals surface area contributed by atoms with Crippen LogP contribution in [-0.2, 0) is 9.47 Å². The quantitative estimate of drug-likeness (QED) is 0.246. The van der Waals surface area contributed by atoms with Crippen molar-refractivity contribution in [2.45, 2.75) is 83.5 Å².